The van der Waals surface area contributed by atoms with Crippen LogP contribution in [0.25, 0.3) is 0 Å². The van der Waals surface area contributed by atoms with Gasteiger partial charge in [0, 0.05) is 23.1 Å². The number of amides is 2. The zero-order valence-electron chi connectivity index (χ0n) is 13.6. The molecule has 0 aliphatic carbocycles. The molecule has 0 aliphatic rings. The molecule has 2 aromatic carbocycles. The first-order valence-corrected chi connectivity index (χ1v) is 8.53. The smallest absolute Gasteiger partial charge is 0.352 e. The summed E-state index contributed by atoms with van der Waals surface area (Å²) in [6, 6.07) is 13.5. The lowest BCUT2D eigenvalue weighted by atomic mass is 10.1. The molecular weight excluding hydrogens is 413 g/mol. The minimum absolute atomic E-state index is 0.0147. The van der Waals surface area contributed by atoms with Gasteiger partial charge in [-0.3, -0.25) is 9.59 Å². The summed E-state index contributed by atoms with van der Waals surface area (Å²) in [4.78, 5) is 23.1. The highest BCUT2D eigenvalue weighted by atomic mass is 79.9. The van der Waals surface area contributed by atoms with E-state index in [0.29, 0.717) is 12.0 Å². The molecule has 8 heteroatoms. The Morgan fingerprint density at radius 2 is 1.58 bits per heavy atom. The molecule has 2 rings (SSSR count). The normalized spacial score (nSPS) is 11.1. The number of benzene rings is 2. The van der Waals surface area contributed by atoms with Crippen LogP contribution in [0.15, 0.2) is 53.0 Å². The van der Waals surface area contributed by atoms with Crippen LogP contribution in [-0.2, 0) is 22.6 Å². The van der Waals surface area contributed by atoms with Crippen molar-refractivity contribution >= 4 is 33.4 Å². The fraction of sp³-hybridized carbons (Fsp3) is 0.222. The van der Waals surface area contributed by atoms with Crippen LogP contribution < -0.4 is 10.6 Å². The third kappa shape index (κ3) is 5.87. The number of aryl methyl sites for hydroxylation is 1. The highest BCUT2D eigenvalue weighted by Crippen LogP contribution is 2.21. The maximum Gasteiger partial charge on any atom is 0.471 e. The van der Waals surface area contributed by atoms with Crippen molar-refractivity contribution in [3.8, 4) is 0 Å². The van der Waals surface area contributed by atoms with E-state index >= 15 is 0 Å². The lowest BCUT2D eigenvalue weighted by molar-refractivity contribution is -0.167. The third-order valence-corrected chi connectivity index (χ3v) is 4.35. The molecule has 2 aromatic rings. The van der Waals surface area contributed by atoms with Gasteiger partial charge in [-0.1, -0.05) is 52.3 Å². The average Bonchev–Trinajstić information content (AvgIpc) is 2.59. The molecule has 0 heterocycles. The first-order chi connectivity index (χ1) is 12.3. The SMILES string of the molecule is O=C(CCc1ccccc1Br)NCc1ccccc1NC(=O)C(F)(F)F. The van der Waals surface area contributed by atoms with E-state index in [0.717, 1.165) is 10.0 Å². The van der Waals surface area contributed by atoms with Crippen LogP contribution in [0.3, 0.4) is 0 Å². The number of anilines is 1. The van der Waals surface area contributed by atoms with Gasteiger partial charge in [0.2, 0.25) is 5.91 Å². The van der Waals surface area contributed by atoms with E-state index in [1.165, 1.54) is 12.1 Å². The van der Waals surface area contributed by atoms with Crippen molar-refractivity contribution in [3.05, 3.63) is 64.1 Å². The molecule has 2 N–H and O–H groups in total. The van der Waals surface area contributed by atoms with Gasteiger partial charge < -0.3 is 10.6 Å². The van der Waals surface area contributed by atoms with E-state index in [1.807, 2.05) is 29.6 Å². The van der Waals surface area contributed by atoms with Gasteiger partial charge in [0.05, 0.1) is 0 Å². The molecule has 0 saturated heterocycles. The van der Waals surface area contributed by atoms with Crippen molar-refractivity contribution in [2.24, 2.45) is 0 Å². The van der Waals surface area contributed by atoms with E-state index < -0.39 is 12.1 Å². The molecule has 0 spiro atoms. The van der Waals surface area contributed by atoms with Crippen LogP contribution in [0.1, 0.15) is 17.5 Å². The lowest BCUT2D eigenvalue weighted by Crippen LogP contribution is -2.31. The zero-order valence-corrected chi connectivity index (χ0v) is 15.2. The van der Waals surface area contributed by atoms with E-state index in [9.17, 15) is 22.8 Å². The number of alkyl halides is 3. The Balaban J connectivity index is 1.92. The van der Waals surface area contributed by atoms with Crippen LogP contribution in [0, 0.1) is 0 Å². The molecule has 0 aromatic heterocycles. The maximum atomic E-state index is 12.4. The van der Waals surface area contributed by atoms with E-state index in [4.69, 9.17) is 0 Å². The number of hydrogen-bond donors (Lipinski definition) is 2. The number of hydrogen-bond acceptors (Lipinski definition) is 2. The van der Waals surface area contributed by atoms with Gasteiger partial charge in [-0.15, -0.1) is 0 Å². The fourth-order valence-electron chi connectivity index (χ4n) is 2.22. The molecular formula is C18H16BrF3N2O2. The number of halogens is 4. The molecule has 4 nitrogen and oxygen atoms in total. The Hall–Kier alpha value is -2.35. The minimum atomic E-state index is -4.97. The average molecular weight is 429 g/mol. The maximum absolute atomic E-state index is 12.4. The predicted molar refractivity (Wildman–Crippen MR) is 95.4 cm³/mol. The summed E-state index contributed by atoms with van der Waals surface area (Å²) < 4.78 is 38.1. The number of para-hydroxylation sites is 1. The third-order valence-electron chi connectivity index (χ3n) is 3.58. The second-order valence-corrected chi connectivity index (χ2v) is 6.33. The van der Waals surface area contributed by atoms with Crippen molar-refractivity contribution in [2.75, 3.05) is 5.32 Å². The molecule has 0 atom stereocenters. The summed E-state index contributed by atoms with van der Waals surface area (Å²) in [5, 5.41) is 4.47. The lowest BCUT2D eigenvalue weighted by Gasteiger charge is -2.13. The Morgan fingerprint density at radius 1 is 0.962 bits per heavy atom. The van der Waals surface area contributed by atoms with Crippen molar-refractivity contribution in [1.82, 2.24) is 5.32 Å². The summed E-state index contributed by atoms with van der Waals surface area (Å²) in [5.41, 5.74) is 1.39. The molecule has 0 radical (unpaired) electrons. The molecule has 0 saturated carbocycles. The summed E-state index contributed by atoms with van der Waals surface area (Å²) in [6.45, 7) is 0.0170. The summed E-state index contributed by atoms with van der Waals surface area (Å²) in [6.07, 6.45) is -4.21. The van der Waals surface area contributed by atoms with Gasteiger partial charge in [-0.2, -0.15) is 13.2 Å². The number of rotatable bonds is 6. The van der Waals surface area contributed by atoms with Crippen LogP contribution in [0.5, 0.6) is 0 Å². The minimum Gasteiger partial charge on any atom is -0.352 e. The molecule has 138 valence electrons. The standard InChI is InChI=1S/C18H16BrF3N2O2/c19-14-7-3-1-5-12(14)9-10-16(25)23-11-13-6-2-4-8-15(13)24-17(26)18(20,21)22/h1-8H,9-11H2,(H,23,25)(H,24,26). The molecule has 0 bridgehead atoms. The monoisotopic (exact) mass is 428 g/mol. The van der Waals surface area contributed by atoms with E-state index in [2.05, 4.69) is 21.2 Å². The summed E-state index contributed by atoms with van der Waals surface area (Å²) in [7, 11) is 0. The Morgan fingerprint density at radius 3 is 2.23 bits per heavy atom. The number of carbonyl (C=O) groups excluding carboxylic acids is 2. The Bertz CT molecular complexity index is 794. The van der Waals surface area contributed by atoms with Gasteiger partial charge in [0.25, 0.3) is 0 Å². The zero-order chi connectivity index (χ0) is 19.2. The highest BCUT2D eigenvalue weighted by molar-refractivity contribution is 9.10. The van der Waals surface area contributed by atoms with Gasteiger partial charge in [-0.05, 0) is 29.7 Å². The molecule has 26 heavy (non-hydrogen) atoms. The topological polar surface area (TPSA) is 58.2 Å². The largest absolute Gasteiger partial charge is 0.471 e. The van der Waals surface area contributed by atoms with Crippen LogP contribution in [0.4, 0.5) is 18.9 Å². The van der Waals surface area contributed by atoms with Gasteiger partial charge in [0.1, 0.15) is 0 Å². The van der Waals surface area contributed by atoms with Crippen molar-refractivity contribution in [3.63, 3.8) is 0 Å². The first-order valence-electron chi connectivity index (χ1n) is 7.73. The fourth-order valence-corrected chi connectivity index (χ4v) is 2.70. The van der Waals surface area contributed by atoms with Gasteiger partial charge in [0.15, 0.2) is 0 Å². The second-order valence-electron chi connectivity index (χ2n) is 5.48. The molecule has 0 aliphatic heterocycles. The van der Waals surface area contributed by atoms with Crippen molar-refractivity contribution in [2.45, 2.75) is 25.6 Å². The molecule has 2 amide bonds. The van der Waals surface area contributed by atoms with Crippen LogP contribution in [-0.4, -0.2) is 18.0 Å². The van der Waals surface area contributed by atoms with Crippen LogP contribution >= 0.6 is 15.9 Å². The molecule has 0 fully saturated rings. The summed E-state index contributed by atoms with van der Waals surface area (Å²) >= 11 is 3.41. The van der Waals surface area contributed by atoms with Gasteiger partial charge >= 0.3 is 12.1 Å². The molecule has 0 unspecified atom stereocenters. The first kappa shape index (κ1) is 20.0. The van der Waals surface area contributed by atoms with E-state index in [-0.39, 0.29) is 24.6 Å². The van der Waals surface area contributed by atoms with Crippen molar-refractivity contribution in [1.29, 1.82) is 0 Å². The quantitative estimate of drug-likeness (QED) is 0.724. The predicted octanol–water partition coefficient (Wildman–Crippen LogP) is 4.20. The second kappa shape index (κ2) is 8.84. The van der Waals surface area contributed by atoms with Crippen LogP contribution in [0.2, 0.25) is 0 Å². The van der Waals surface area contributed by atoms with E-state index in [1.54, 1.807) is 12.1 Å². The van der Waals surface area contributed by atoms with Crippen molar-refractivity contribution < 1.29 is 22.8 Å². The summed E-state index contributed by atoms with van der Waals surface area (Å²) in [5.74, 6) is -2.29. The van der Waals surface area contributed by atoms with Gasteiger partial charge in [-0.25, -0.2) is 0 Å². The highest BCUT2D eigenvalue weighted by Gasteiger charge is 2.38. The Labute approximate surface area is 156 Å². The Kier molecular flexibility index (Phi) is 6.79. The number of carbonyl (C=O) groups is 2. The number of nitrogens with one attached hydrogen (secondary N) is 2.